The summed E-state index contributed by atoms with van der Waals surface area (Å²) in [5.74, 6) is -1.13. The Morgan fingerprint density at radius 3 is 0.942 bits per heavy atom. The third-order valence-electron chi connectivity index (χ3n) is 10.5. The van der Waals surface area contributed by atoms with Crippen LogP contribution in [0.3, 0.4) is 0 Å². The normalized spacial score (nSPS) is 13.0. The van der Waals surface area contributed by atoms with E-state index in [4.69, 9.17) is 14.2 Å². The molecule has 0 saturated heterocycles. The van der Waals surface area contributed by atoms with Gasteiger partial charge in [0.15, 0.2) is 6.10 Å². The topological polar surface area (TPSA) is 78.9 Å². The summed E-state index contributed by atoms with van der Waals surface area (Å²) < 4.78 is 16.7. The summed E-state index contributed by atoms with van der Waals surface area (Å²) in [7, 11) is 0. The fourth-order valence-electron chi connectivity index (χ4n) is 6.55. The Hall–Kier alpha value is -4.97. The van der Waals surface area contributed by atoms with Crippen LogP contribution >= 0.6 is 0 Å². The van der Waals surface area contributed by atoms with Crippen LogP contribution in [0.4, 0.5) is 0 Å². The van der Waals surface area contributed by atoms with Gasteiger partial charge in [-0.3, -0.25) is 14.4 Å². The van der Waals surface area contributed by atoms with Gasteiger partial charge in [-0.05, 0) is 122 Å². The second-order valence-electron chi connectivity index (χ2n) is 17.0. The SMILES string of the molecule is CC/C=C\C/C=C\C/C=C\C/C=C\C/C=C\C/C=C\CCC(=O)OCC(COC(=O)CC/C=C\C/C=C\C/C=C\C/C=C\C/C=C\C/C=C\CC)OC(=O)CCCCCCC/C=C\CCCCCC. The maximum atomic E-state index is 12.8. The second-order valence-corrected chi connectivity index (χ2v) is 17.0. The van der Waals surface area contributed by atoms with Crippen LogP contribution in [0.2, 0.25) is 0 Å². The van der Waals surface area contributed by atoms with Gasteiger partial charge in [-0.25, -0.2) is 0 Å². The van der Waals surface area contributed by atoms with Gasteiger partial charge < -0.3 is 14.2 Å². The number of carbonyl (C=O) groups excluding carboxylic acids is 3. The zero-order valence-corrected chi connectivity index (χ0v) is 43.8. The minimum Gasteiger partial charge on any atom is -0.462 e. The summed E-state index contributed by atoms with van der Waals surface area (Å²) in [6, 6.07) is 0. The molecule has 0 fully saturated rings. The van der Waals surface area contributed by atoms with Gasteiger partial charge in [-0.1, -0.05) is 217 Å². The molecule has 384 valence electrons. The Balaban J connectivity index is 4.64. The zero-order valence-electron chi connectivity index (χ0n) is 43.8. The van der Waals surface area contributed by atoms with Crippen molar-refractivity contribution in [1.82, 2.24) is 0 Å². The zero-order chi connectivity index (χ0) is 50.0. The van der Waals surface area contributed by atoms with E-state index >= 15 is 0 Å². The van der Waals surface area contributed by atoms with Crippen molar-refractivity contribution in [3.05, 3.63) is 158 Å². The van der Waals surface area contributed by atoms with Crippen LogP contribution in [0, 0.1) is 0 Å². The Bertz CT molecular complexity index is 1510. The minimum atomic E-state index is -0.851. The fourth-order valence-corrected chi connectivity index (χ4v) is 6.55. The first kappa shape index (κ1) is 64.0. The number of rotatable bonds is 46. The molecular weight excluding hydrogens is 853 g/mol. The lowest BCUT2D eigenvalue weighted by Crippen LogP contribution is -2.30. The first-order valence-electron chi connectivity index (χ1n) is 27.0. The standard InChI is InChI=1S/C63H96O6/c1-4-7-10-13-16-19-22-25-27-29-31-33-35-38-40-43-46-49-52-55-61(64)67-58-60(69-63(66)57-54-51-48-45-42-37-24-21-18-15-12-9-6-3)59-68-62(65)56-53-50-47-44-41-39-36-34-32-30-28-26-23-20-17-14-11-8-5-2/h7-8,10-11,16-17,19-21,24-28,31-34,38-41,46-47,49-50,60H,4-6,9,12-15,18,22-23,29-30,35-37,42-45,48,51-59H2,1-3H3/b10-7-,11-8-,19-16-,20-17-,24-21-,27-25-,28-26-,33-31-,34-32-,40-38-,41-39-,49-46-,50-47-. The molecule has 6 heteroatoms. The number of allylic oxidation sites excluding steroid dienone is 26. The maximum Gasteiger partial charge on any atom is 0.306 e. The van der Waals surface area contributed by atoms with Crippen molar-refractivity contribution in [2.75, 3.05) is 13.2 Å². The predicted molar refractivity (Wildman–Crippen MR) is 297 cm³/mol. The number of esters is 3. The number of hydrogen-bond acceptors (Lipinski definition) is 6. The average molecular weight is 949 g/mol. The molecule has 0 aromatic rings. The first-order chi connectivity index (χ1) is 34.0. The minimum absolute atomic E-state index is 0.152. The summed E-state index contributed by atoms with van der Waals surface area (Å²) >= 11 is 0. The summed E-state index contributed by atoms with van der Waals surface area (Å²) in [4.78, 5) is 38.0. The van der Waals surface area contributed by atoms with Gasteiger partial charge in [0.05, 0.1) is 0 Å². The summed E-state index contributed by atoms with van der Waals surface area (Å²) in [6.45, 7) is 6.23. The maximum absolute atomic E-state index is 12.8. The molecule has 6 nitrogen and oxygen atoms in total. The third-order valence-corrected chi connectivity index (χ3v) is 10.5. The highest BCUT2D eigenvalue weighted by molar-refractivity contribution is 5.71. The largest absolute Gasteiger partial charge is 0.462 e. The van der Waals surface area contributed by atoms with E-state index in [0.29, 0.717) is 12.8 Å². The van der Waals surface area contributed by atoms with E-state index in [-0.39, 0.29) is 50.4 Å². The molecule has 0 N–H and O–H groups in total. The van der Waals surface area contributed by atoms with Crippen LogP contribution in [-0.2, 0) is 28.6 Å². The van der Waals surface area contributed by atoms with Gasteiger partial charge >= 0.3 is 17.9 Å². The van der Waals surface area contributed by atoms with E-state index in [0.717, 1.165) is 116 Å². The molecule has 0 radical (unpaired) electrons. The van der Waals surface area contributed by atoms with Crippen molar-refractivity contribution >= 4 is 17.9 Å². The molecule has 0 aliphatic rings. The quantitative estimate of drug-likeness (QED) is 0.0262. The summed E-state index contributed by atoms with van der Waals surface area (Å²) in [5.41, 5.74) is 0. The molecule has 0 saturated carbocycles. The molecule has 69 heavy (non-hydrogen) atoms. The van der Waals surface area contributed by atoms with Crippen LogP contribution in [0.1, 0.15) is 201 Å². The van der Waals surface area contributed by atoms with Crippen LogP contribution < -0.4 is 0 Å². The van der Waals surface area contributed by atoms with Crippen molar-refractivity contribution in [2.24, 2.45) is 0 Å². The highest BCUT2D eigenvalue weighted by atomic mass is 16.6. The van der Waals surface area contributed by atoms with Crippen molar-refractivity contribution in [1.29, 1.82) is 0 Å². The van der Waals surface area contributed by atoms with Gasteiger partial charge in [0.1, 0.15) is 13.2 Å². The molecule has 0 amide bonds. The highest BCUT2D eigenvalue weighted by Crippen LogP contribution is 2.11. The summed E-state index contributed by atoms with van der Waals surface area (Å²) in [6.07, 6.45) is 81.1. The average Bonchev–Trinajstić information content (AvgIpc) is 3.35. The Morgan fingerprint density at radius 1 is 0.304 bits per heavy atom. The van der Waals surface area contributed by atoms with Crippen LogP contribution in [0.25, 0.3) is 0 Å². The van der Waals surface area contributed by atoms with Crippen molar-refractivity contribution < 1.29 is 28.6 Å². The Labute approximate surface area is 422 Å². The van der Waals surface area contributed by atoms with E-state index in [1.165, 1.54) is 32.1 Å². The first-order valence-corrected chi connectivity index (χ1v) is 27.0. The second kappa shape index (κ2) is 55.6. The molecule has 0 bridgehead atoms. The highest BCUT2D eigenvalue weighted by Gasteiger charge is 2.19. The molecular formula is C63H96O6. The number of ether oxygens (including phenoxy) is 3. The lowest BCUT2D eigenvalue weighted by molar-refractivity contribution is -0.166. The molecule has 0 spiro atoms. The lowest BCUT2D eigenvalue weighted by Gasteiger charge is -2.18. The third kappa shape index (κ3) is 53.8. The van der Waals surface area contributed by atoms with E-state index in [9.17, 15) is 14.4 Å². The molecule has 0 atom stereocenters. The Morgan fingerprint density at radius 2 is 0.594 bits per heavy atom. The summed E-state index contributed by atoms with van der Waals surface area (Å²) in [5, 5.41) is 0. The monoisotopic (exact) mass is 949 g/mol. The van der Waals surface area contributed by atoms with Crippen molar-refractivity contribution in [3.63, 3.8) is 0 Å². The smallest absolute Gasteiger partial charge is 0.306 e. The van der Waals surface area contributed by atoms with E-state index < -0.39 is 6.10 Å². The Kier molecular flexibility index (Phi) is 51.6. The molecule has 0 aromatic heterocycles. The van der Waals surface area contributed by atoms with Crippen LogP contribution in [0.5, 0.6) is 0 Å². The predicted octanol–water partition coefficient (Wildman–Crippen LogP) is 18.2. The van der Waals surface area contributed by atoms with Crippen LogP contribution in [0.15, 0.2) is 158 Å². The number of hydrogen-bond donors (Lipinski definition) is 0. The molecule has 0 aliphatic carbocycles. The van der Waals surface area contributed by atoms with E-state index in [2.05, 4.69) is 154 Å². The number of carbonyl (C=O) groups is 3. The molecule has 0 aromatic carbocycles. The molecule has 0 heterocycles. The van der Waals surface area contributed by atoms with Crippen molar-refractivity contribution in [3.8, 4) is 0 Å². The van der Waals surface area contributed by atoms with Crippen molar-refractivity contribution in [2.45, 2.75) is 207 Å². The lowest BCUT2D eigenvalue weighted by atomic mass is 10.1. The van der Waals surface area contributed by atoms with Gasteiger partial charge in [0.2, 0.25) is 0 Å². The van der Waals surface area contributed by atoms with Gasteiger partial charge in [0, 0.05) is 19.3 Å². The van der Waals surface area contributed by atoms with Gasteiger partial charge in [0.25, 0.3) is 0 Å². The van der Waals surface area contributed by atoms with E-state index in [1.807, 2.05) is 24.3 Å². The molecule has 0 aliphatic heterocycles. The molecule has 0 rings (SSSR count). The van der Waals surface area contributed by atoms with Gasteiger partial charge in [-0.2, -0.15) is 0 Å². The van der Waals surface area contributed by atoms with E-state index in [1.54, 1.807) is 0 Å². The molecule has 0 unspecified atom stereocenters. The van der Waals surface area contributed by atoms with Gasteiger partial charge in [-0.15, -0.1) is 0 Å². The van der Waals surface area contributed by atoms with Crippen LogP contribution in [-0.4, -0.2) is 37.2 Å². The fraction of sp³-hybridized carbons (Fsp3) is 0.540. The number of unbranched alkanes of at least 4 members (excludes halogenated alkanes) is 9.